The molecule has 0 fully saturated rings. The van der Waals surface area contributed by atoms with Crippen LogP contribution in [0, 0.1) is 5.92 Å². The predicted molar refractivity (Wildman–Crippen MR) is 93.8 cm³/mol. The lowest BCUT2D eigenvalue weighted by Crippen LogP contribution is -2.04. The van der Waals surface area contributed by atoms with E-state index in [2.05, 4.69) is 91.5 Å². The van der Waals surface area contributed by atoms with Gasteiger partial charge in [0.2, 0.25) is 0 Å². The third kappa shape index (κ3) is 3.17. The van der Waals surface area contributed by atoms with Gasteiger partial charge in [0.15, 0.2) is 0 Å². The molecule has 0 aliphatic heterocycles. The van der Waals surface area contributed by atoms with E-state index in [1.54, 1.807) is 0 Å². The molecule has 0 aliphatic rings. The van der Waals surface area contributed by atoms with E-state index in [1.165, 1.54) is 28.2 Å². The Hall–Kier alpha value is -2.60. The normalized spacial score (nSPS) is 10.6. The van der Waals surface area contributed by atoms with Gasteiger partial charge in [-0.25, -0.2) is 0 Å². The van der Waals surface area contributed by atoms with Crippen LogP contribution in [0.25, 0.3) is 0 Å². The molecule has 0 spiro atoms. The molecule has 3 aromatic carbocycles. The second kappa shape index (κ2) is 6.91. The van der Waals surface area contributed by atoms with E-state index in [0.717, 1.165) is 6.42 Å². The Balaban J connectivity index is 2.04. The van der Waals surface area contributed by atoms with E-state index in [0.29, 0.717) is 0 Å². The maximum Gasteiger partial charge on any atom is 0.0629 e. The van der Waals surface area contributed by atoms with Gasteiger partial charge in [-0.05, 0) is 28.7 Å². The first-order chi connectivity index (χ1) is 10.9. The lowest BCUT2D eigenvalue weighted by molar-refractivity contribution is 1.20. The van der Waals surface area contributed by atoms with Crippen molar-refractivity contribution in [1.29, 1.82) is 0 Å². The molecular weight excluding hydrogens is 264 g/mol. The second-order valence-corrected chi connectivity index (χ2v) is 5.30. The fourth-order valence-corrected chi connectivity index (χ4v) is 2.68. The summed E-state index contributed by atoms with van der Waals surface area (Å²) in [4.78, 5) is 0. The molecule has 0 bridgehead atoms. The Morgan fingerprint density at radius 1 is 0.636 bits per heavy atom. The Morgan fingerprint density at radius 3 is 1.55 bits per heavy atom. The summed E-state index contributed by atoms with van der Waals surface area (Å²) in [7, 11) is 0. The van der Waals surface area contributed by atoms with Crippen LogP contribution in [0.5, 0.6) is 0 Å². The fourth-order valence-electron chi connectivity index (χ4n) is 2.68. The predicted octanol–water partition coefficient (Wildman–Crippen LogP) is 5.43. The molecule has 0 unspecified atom stereocenters. The first-order valence-electron chi connectivity index (χ1n) is 7.56. The average Bonchev–Trinajstić information content (AvgIpc) is 2.59. The van der Waals surface area contributed by atoms with Crippen LogP contribution in [0.1, 0.15) is 22.3 Å². The Bertz CT molecular complexity index is 670. The number of hydrogen-bond acceptors (Lipinski definition) is 0. The highest BCUT2D eigenvalue weighted by atomic mass is 14.2. The van der Waals surface area contributed by atoms with E-state index in [4.69, 9.17) is 0 Å². The van der Waals surface area contributed by atoms with Crippen molar-refractivity contribution in [1.82, 2.24) is 0 Å². The van der Waals surface area contributed by atoms with Gasteiger partial charge >= 0.3 is 0 Å². The molecule has 3 aromatic rings. The molecule has 0 aliphatic carbocycles. The van der Waals surface area contributed by atoms with Crippen LogP contribution in [-0.2, 0) is 6.42 Å². The van der Waals surface area contributed by atoms with Crippen molar-refractivity contribution in [2.45, 2.75) is 6.42 Å². The minimum Gasteiger partial charge on any atom is -0.103 e. The lowest BCUT2D eigenvalue weighted by atomic mass is 9.85. The zero-order valence-electron chi connectivity index (χ0n) is 12.6. The molecular formula is C22H19. The van der Waals surface area contributed by atoms with Crippen molar-refractivity contribution < 1.29 is 0 Å². The number of hydrogen-bond donors (Lipinski definition) is 0. The molecule has 0 nitrogen and oxygen atoms in total. The smallest absolute Gasteiger partial charge is 0.0629 e. The van der Waals surface area contributed by atoms with Gasteiger partial charge < -0.3 is 0 Å². The highest BCUT2D eigenvalue weighted by Crippen LogP contribution is 2.30. The summed E-state index contributed by atoms with van der Waals surface area (Å²) in [6.07, 6.45) is 2.85. The summed E-state index contributed by atoms with van der Waals surface area (Å²) in [5.41, 5.74) is 5.01. The van der Waals surface area contributed by atoms with Crippen molar-refractivity contribution in [3.63, 3.8) is 0 Å². The first-order valence-corrected chi connectivity index (χ1v) is 7.56. The standard InChI is InChI=1S/C22H19/c1-2-9-18-14-16-21(17-15-18)22(19-10-5-3-6-11-19)20-12-7-4-8-13-20/h2-8,10-17H,1,9H2. The van der Waals surface area contributed by atoms with Crippen LogP contribution in [0.4, 0.5) is 0 Å². The van der Waals surface area contributed by atoms with Crippen molar-refractivity contribution in [3.8, 4) is 0 Å². The quantitative estimate of drug-likeness (QED) is 0.432. The largest absolute Gasteiger partial charge is 0.103 e. The Kier molecular flexibility index (Phi) is 4.50. The number of rotatable bonds is 5. The number of benzene rings is 3. The second-order valence-electron chi connectivity index (χ2n) is 5.30. The Labute approximate surface area is 132 Å². The summed E-state index contributed by atoms with van der Waals surface area (Å²) in [6.45, 7) is 3.80. The van der Waals surface area contributed by atoms with Crippen molar-refractivity contribution in [2.24, 2.45) is 0 Å². The third-order valence-electron chi connectivity index (χ3n) is 3.75. The molecule has 3 rings (SSSR count). The van der Waals surface area contributed by atoms with E-state index in [9.17, 15) is 0 Å². The molecule has 0 aromatic heterocycles. The van der Waals surface area contributed by atoms with Crippen LogP contribution in [0.3, 0.4) is 0 Å². The zero-order valence-corrected chi connectivity index (χ0v) is 12.6. The molecule has 0 heterocycles. The van der Waals surface area contributed by atoms with Gasteiger partial charge in [-0.3, -0.25) is 0 Å². The minimum absolute atomic E-state index is 0.909. The van der Waals surface area contributed by atoms with Crippen LogP contribution >= 0.6 is 0 Å². The zero-order chi connectivity index (χ0) is 15.2. The van der Waals surface area contributed by atoms with Gasteiger partial charge in [-0.1, -0.05) is 91.0 Å². The molecule has 0 N–H and O–H groups in total. The van der Waals surface area contributed by atoms with E-state index in [-0.39, 0.29) is 0 Å². The fraction of sp³-hybridized carbons (Fsp3) is 0.0455. The molecule has 22 heavy (non-hydrogen) atoms. The maximum atomic E-state index is 3.80. The summed E-state index contributed by atoms with van der Waals surface area (Å²) in [5, 5.41) is 0. The highest BCUT2D eigenvalue weighted by molar-refractivity contribution is 5.57. The molecule has 0 atom stereocenters. The third-order valence-corrected chi connectivity index (χ3v) is 3.75. The monoisotopic (exact) mass is 283 g/mol. The summed E-state index contributed by atoms with van der Waals surface area (Å²) < 4.78 is 0. The van der Waals surface area contributed by atoms with Crippen molar-refractivity contribution >= 4 is 0 Å². The van der Waals surface area contributed by atoms with E-state index < -0.39 is 0 Å². The molecule has 107 valence electrons. The summed E-state index contributed by atoms with van der Waals surface area (Å²) in [6, 6.07) is 29.9. The number of allylic oxidation sites excluding steroid dienone is 1. The van der Waals surface area contributed by atoms with Crippen LogP contribution in [-0.4, -0.2) is 0 Å². The molecule has 0 heteroatoms. The maximum absolute atomic E-state index is 3.80. The minimum atomic E-state index is 0.909. The molecule has 1 radical (unpaired) electrons. The topological polar surface area (TPSA) is 0 Å². The van der Waals surface area contributed by atoms with E-state index in [1.807, 2.05) is 6.08 Å². The van der Waals surface area contributed by atoms with Gasteiger partial charge in [0, 0.05) is 0 Å². The molecule has 0 amide bonds. The SMILES string of the molecule is C=CCc1ccc([C](c2ccccc2)c2ccccc2)cc1. The van der Waals surface area contributed by atoms with Crippen LogP contribution < -0.4 is 0 Å². The molecule has 0 saturated heterocycles. The first kappa shape index (κ1) is 14.3. The van der Waals surface area contributed by atoms with Crippen LogP contribution in [0.15, 0.2) is 97.6 Å². The average molecular weight is 283 g/mol. The molecule has 0 saturated carbocycles. The van der Waals surface area contributed by atoms with Crippen molar-refractivity contribution in [3.05, 3.63) is 126 Å². The summed E-state index contributed by atoms with van der Waals surface area (Å²) >= 11 is 0. The summed E-state index contributed by atoms with van der Waals surface area (Å²) in [5.74, 6) is 1.27. The Morgan fingerprint density at radius 2 is 1.09 bits per heavy atom. The van der Waals surface area contributed by atoms with Gasteiger partial charge in [-0.15, -0.1) is 6.58 Å². The van der Waals surface area contributed by atoms with Crippen LogP contribution in [0.2, 0.25) is 0 Å². The highest BCUT2D eigenvalue weighted by Gasteiger charge is 2.16. The van der Waals surface area contributed by atoms with Crippen molar-refractivity contribution in [2.75, 3.05) is 0 Å². The van der Waals surface area contributed by atoms with Gasteiger partial charge in [0.05, 0.1) is 5.92 Å². The van der Waals surface area contributed by atoms with Gasteiger partial charge in [-0.2, -0.15) is 0 Å². The van der Waals surface area contributed by atoms with Gasteiger partial charge in [0.1, 0.15) is 0 Å². The van der Waals surface area contributed by atoms with E-state index >= 15 is 0 Å². The lowest BCUT2D eigenvalue weighted by Gasteiger charge is -2.18. The van der Waals surface area contributed by atoms with Gasteiger partial charge in [0.25, 0.3) is 0 Å².